The lowest BCUT2D eigenvalue weighted by molar-refractivity contribution is 0.0638. The average Bonchev–Trinajstić information content (AvgIpc) is 2.67. The van der Waals surface area contributed by atoms with Crippen LogP contribution in [0, 0.1) is 0 Å². The Kier molecular flexibility index (Phi) is 5.43. The molecule has 0 N–H and O–H groups in total. The summed E-state index contributed by atoms with van der Waals surface area (Å²) in [6.07, 6.45) is 4.29. The van der Waals surface area contributed by atoms with E-state index in [9.17, 15) is 4.79 Å². The van der Waals surface area contributed by atoms with Crippen LogP contribution in [0.1, 0.15) is 15.9 Å². The maximum Gasteiger partial charge on any atom is 0.254 e. The van der Waals surface area contributed by atoms with Crippen LogP contribution in [0.4, 0.5) is 0 Å². The number of ether oxygens (including phenoxy) is 1. The molecule has 1 amide bonds. The van der Waals surface area contributed by atoms with Gasteiger partial charge in [0.15, 0.2) is 0 Å². The number of nitrogens with zero attached hydrogens (tertiary/aromatic N) is 3. The molecule has 0 radical (unpaired) electrons. The van der Waals surface area contributed by atoms with E-state index >= 15 is 0 Å². The van der Waals surface area contributed by atoms with Crippen LogP contribution < -0.4 is 4.74 Å². The van der Waals surface area contributed by atoms with Crippen molar-refractivity contribution in [3.8, 4) is 5.75 Å². The van der Waals surface area contributed by atoms with Gasteiger partial charge < -0.3 is 9.64 Å². The second-order valence-corrected chi connectivity index (χ2v) is 5.93. The van der Waals surface area contributed by atoms with Crippen molar-refractivity contribution in [3.63, 3.8) is 0 Å². The third-order valence-corrected chi connectivity index (χ3v) is 4.48. The van der Waals surface area contributed by atoms with Gasteiger partial charge in [-0.25, -0.2) is 0 Å². The Balaban J connectivity index is 1.50. The molecule has 0 spiro atoms. The Bertz CT molecular complexity index is 667. The second kappa shape index (κ2) is 7.93. The van der Waals surface area contributed by atoms with Crippen molar-refractivity contribution in [1.82, 2.24) is 14.8 Å². The van der Waals surface area contributed by atoms with Crippen LogP contribution in [-0.4, -0.2) is 60.5 Å². The second-order valence-electron chi connectivity index (χ2n) is 5.93. The molecule has 0 saturated carbocycles. The van der Waals surface area contributed by atoms with Gasteiger partial charge in [0.05, 0.1) is 7.11 Å². The smallest absolute Gasteiger partial charge is 0.254 e. The summed E-state index contributed by atoms with van der Waals surface area (Å²) < 4.78 is 5.41. The number of amides is 1. The lowest BCUT2D eigenvalue weighted by Gasteiger charge is -2.34. The molecule has 2 heterocycles. The molecule has 1 aliphatic rings. The maximum atomic E-state index is 12.4. The number of para-hydroxylation sites is 1. The predicted molar refractivity (Wildman–Crippen MR) is 93.3 cm³/mol. The van der Waals surface area contributed by atoms with Crippen LogP contribution in [0.25, 0.3) is 0 Å². The fourth-order valence-corrected chi connectivity index (χ4v) is 3.04. The van der Waals surface area contributed by atoms with Crippen LogP contribution in [0.3, 0.4) is 0 Å². The minimum atomic E-state index is 0.0989. The van der Waals surface area contributed by atoms with E-state index in [0.717, 1.165) is 44.9 Å². The van der Waals surface area contributed by atoms with Crippen LogP contribution in [0.5, 0.6) is 5.75 Å². The summed E-state index contributed by atoms with van der Waals surface area (Å²) >= 11 is 0. The summed E-state index contributed by atoms with van der Waals surface area (Å²) in [5, 5.41) is 0. The average molecular weight is 325 g/mol. The van der Waals surface area contributed by atoms with Crippen molar-refractivity contribution >= 4 is 5.91 Å². The highest BCUT2D eigenvalue weighted by Gasteiger charge is 2.21. The van der Waals surface area contributed by atoms with Crippen LogP contribution in [0.2, 0.25) is 0 Å². The lowest BCUT2D eigenvalue weighted by Crippen LogP contribution is -2.49. The zero-order valence-electron chi connectivity index (χ0n) is 14.0. The molecular formula is C19H23N3O2. The number of benzene rings is 1. The van der Waals surface area contributed by atoms with Gasteiger partial charge in [0.1, 0.15) is 5.75 Å². The lowest BCUT2D eigenvalue weighted by atomic mass is 10.1. The molecule has 1 aromatic heterocycles. The molecule has 0 bridgehead atoms. The monoisotopic (exact) mass is 325 g/mol. The van der Waals surface area contributed by atoms with E-state index in [1.807, 2.05) is 23.1 Å². The van der Waals surface area contributed by atoms with Gasteiger partial charge in [-0.2, -0.15) is 0 Å². The number of piperazine rings is 1. The van der Waals surface area contributed by atoms with Crippen molar-refractivity contribution in [2.24, 2.45) is 0 Å². The molecular weight excluding hydrogens is 302 g/mol. The van der Waals surface area contributed by atoms with Crippen LogP contribution in [0.15, 0.2) is 48.8 Å². The summed E-state index contributed by atoms with van der Waals surface area (Å²) in [5.74, 6) is 1.05. The first-order valence-corrected chi connectivity index (χ1v) is 8.31. The molecule has 1 aliphatic heterocycles. The highest BCUT2D eigenvalue weighted by atomic mass is 16.5. The Labute approximate surface area is 142 Å². The van der Waals surface area contributed by atoms with Gasteiger partial charge in [0, 0.05) is 50.7 Å². The largest absolute Gasteiger partial charge is 0.496 e. The van der Waals surface area contributed by atoms with Crippen molar-refractivity contribution in [3.05, 3.63) is 59.9 Å². The van der Waals surface area contributed by atoms with E-state index in [1.165, 1.54) is 5.56 Å². The quantitative estimate of drug-likeness (QED) is 0.844. The minimum absolute atomic E-state index is 0.0989. The molecule has 1 aromatic carbocycles. The number of hydrogen-bond acceptors (Lipinski definition) is 4. The molecule has 2 aromatic rings. The summed E-state index contributed by atoms with van der Waals surface area (Å²) in [5.41, 5.74) is 1.95. The van der Waals surface area contributed by atoms with Gasteiger partial charge in [0.25, 0.3) is 5.91 Å². The zero-order chi connectivity index (χ0) is 16.8. The van der Waals surface area contributed by atoms with E-state index in [0.29, 0.717) is 5.56 Å². The van der Waals surface area contributed by atoms with Gasteiger partial charge in [-0.1, -0.05) is 18.2 Å². The first-order chi connectivity index (χ1) is 11.8. The molecule has 0 atom stereocenters. The SMILES string of the molecule is COc1ccccc1CCN1CCN(C(=O)c2ccncc2)CC1. The van der Waals surface area contributed by atoms with Gasteiger partial charge in [-0.15, -0.1) is 0 Å². The molecule has 3 rings (SSSR count). The number of carbonyl (C=O) groups excluding carboxylic acids is 1. The van der Waals surface area contributed by atoms with E-state index < -0.39 is 0 Å². The number of carbonyl (C=O) groups is 1. The van der Waals surface area contributed by atoms with Crippen molar-refractivity contribution in [2.45, 2.75) is 6.42 Å². The van der Waals surface area contributed by atoms with E-state index in [4.69, 9.17) is 4.74 Å². The van der Waals surface area contributed by atoms with Crippen LogP contribution >= 0.6 is 0 Å². The van der Waals surface area contributed by atoms with E-state index in [-0.39, 0.29) is 5.91 Å². The topological polar surface area (TPSA) is 45.7 Å². The Morgan fingerprint density at radius 2 is 1.79 bits per heavy atom. The molecule has 5 nitrogen and oxygen atoms in total. The Morgan fingerprint density at radius 1 is 1.08 bits per heavy atom. The maximum absolute atomic E-state index is 12.4. The molecule has 0 aliphatic carbocycles. The molecule has 5 heteroatoms. The summed E-state index contributed by atoms with van der Waals surface area (Å²) in [7, 11) is 1.71. The van der Waals surface area contributed by atoms with Crippen LogP contribution in [-0.2, 0) is 6.42 Å². The van der Waals surface area contributed by atoms with E-state index in [2.05, 4.69) is 16.0 Å². The summed E-state index contributed by atoms with van der Waals surface area (Å²) in [4.78, 5) is 20.7. The molecule has 126 valence electrons. The first kappa shape index (κ1) is 16.5. The highest BCUT2D eigenvalue weighted by molar-refractivity contribution is 5.94. The number of aromatic nitrogens is 1. The molecule has 24 heavy (non-hydrogen) atoms. The number of pyridine rings is 1. The number of hydrogen-bond donors (Lipinski definition) is 0. The van der Waals surface area contributed by atoms with Gasteiger partial charge in [-0.3, -0.25) is 14.7 Å². The Hall–Kier alpha value is -2.40. The number of methoxy groups -OCH3 is 1. The molecule has 0 unspecified atom stereocenters. The number of rotatable bonds is 5. The van der Waals surface area contributed by atoms with E-state index in [1.54, 1.807) is 31.6 Å². The third kappa shape index (κ3) is 3.92. The van der Waals surface area contributed by atoms with Gasteiger partial charge in [-0.05, 0) is 30.2 Å². The Morgan fingerprint density at radius 3 is 2.50 bits per heavy atom. The summed E-state index contributed by atoms with van der Waals surface area (Å²) in [6, 6.07) is 11.7. The first-order valence-electron chi connectivity index (χ1n) is 8.31. The van der Waals surface area contributed by atoms with Gasteiger partial charge in [0.2, 0.25) is 0 Å². The fraction of sp³-hybridized carbons (Fsp3) is 0.368. The third-order valence-electron chi connectivity index (χ3n) is 4.48. The van der Waals surface area contributed by atoms with Crippen molar-refractivity contribution in [1.29, 1.82) is 0 Å². The minimum Gasteiger partial charge on any atom is -0.496 e. The highest BCUT2D eigenvalue weighted by Crippen LogP contribution is 2.18. The molecule has 1 saturated heterocycles. The fourth-order valence-electron chi connectivity index (χ4n) is 3.04. The summed E-state index contributed by atoms with van der Waals surface area (Å²) in [6.45, 7) is 4.34. The zero-order valence-corrected chi connectivity index (χ0v) is 14.0. The van der Waals surface area contributed by atoms with Crippen molar-refractivity contribution < 1.29 is 9.53 Å². The predicted octanol–water partition coefficient (Wildman–Crippen LogP) is 2.09. The van der Waals surface area contributed by atoms with Crippen molar-refractivity contribution in [2.75, 3.05) is 39.8 Å². The normalized spacial score (nSPS) is 15.3. The van der Waals surface area contributed by atoms with Gasteiger partial charge >= 0.3 is 0 Å². The standard InChI is InChI=1S/C19H23N3O2/c1-24-18-5-3-2-4-16(18)8-11-21-12-14-22(15-13-21)19(23)17-6-9-20-10-7-17/h2-7,9-10H,8,11-15H2,1H3. The molecule has 1 fully saturated rings.